The number of nitrogens with two attached hydrogens (primary N) is 1. The Labute approximate surface area is 114 Å². The van der Waals surface area contributed by atoms with Crippen molar-refractivity contribution in [2.24, 2.45) is 0 Å². The topological polar surface area (TPSA) is 61.0 Å². The van der Waals surface area contributed by atoms with Crippen molar-refractivity contribution in [3.8, 4) is 11.4 Å². The number of halogens is 2. The van der Waals surface area contributed by atoms with E-state index in [1.807, 2.05) is 0 Å². The lowest BCUT2D eigenvalue weighted by molar-refractivity contribution is 0.109. The van der Waals surface area contributed by atoms with Crippen molar-refractivity contribution in [3.63, 3.8) is 0 Å². The molecule has 0 fully saturated rings. The number of benzene rings is 1. The molecule has 1 aromatic heterocycles. The maximum absolute atomic E-state index is 12.7. The number of anilines is 1. The molecule has 0 unspecified atom stereocenters. The van der Waals surface area contributed by atoms with Crippen LogP contribution in [0.1, 0.15) is 23.2 Å². The summed E-state index contributed by atoms with van der Waals surface area (Å²) < 4.78 is 30.8. The van der Waals surface area contributed by atoms with Gasteiger partial charge in [-0.25, -0.2) is 18.7 Å². The highest BCUT2D eigenvalue weighted by Gasteiger charge is 2.18. The Morgan fingerprint density at radius 2 is 2.10 bits per heavy atom. The Hall–Kier alpha value is -2.08. The van der Waals surface area contributed by atoms with Crippen molar-refractivity contribution in [3.05, 3.63) is 41.1 Å². The lowest BCUT2D eigenvalue weighted by Gasteiger charge is -2.17. The van der Waals surface area contributed by atoms with Crippen molar-refractivity contribution in [1.29, 1.82) is 0 Å². The van der Waals surface area contributed by atoms with Gasteiger partial charge in [0, 0.05) is 23.1 Å². The fraction of sp³-hybridized carbons (Fsp3) is 0.286. The molecule has 0 bridgehead atoms. The van der Waals surface area contributed by atoms with E-state index >= 15 is 0 Å². The van der Waals surface area contributed by atoms with E-state index in [0.29, 0.717) is 36.8 Å². The van der Waals surface area contributed by atoms with E-state index in [9.17, 15) is 8.78 Å². The third-order valence-electron chi connectivity index (χ3n) is 3.25. The molecule has 2 N–H and O–H groups in total. The summed E-state index contributed by atoms with van der Waals surface area (Å²) in [5, 5.41) is 0. The number of rotatable bonds is 2. The van der Waals surface area contributed by atoms with E-state index < -0.39 is 6.43 Å². The van der Waals surface area contributed by atoms with E-state index in [0.717, 1.165) is 11.3 Å². The number of hydrogen-bond acceptors (Lipinski definition) is 4. The van der Waals surface area contributed by atoms with Gasteiger partial charge in [0.2, 0.25) is 0 Å². The van der Waals surface area contributed by atoms with E-state index in [-0.39, 0.29) is 5.56 Å². The number of hydrogen-bond donors (Lipinski definition) is 1. The predicted octanol–water partition coefficient (Wildman–Crippen LogP) is 2.74. The fourth-order valence-corrected chi connectivity index (χ4v) is 2.20. The molecule has 0 radical (unpaired) electrons. The zero-order valence-corrected chi connectivity index (χ0v) is 10.6. The van der Waals surface area contributed by atoms with Gasteiger partial charge in [-0.1, -0.05) is 18.2 Å². The minimum Gasteiger partial charge on any atom is -0.383 e. The molecule has 2 heterocycles. The normalized spacial score (nSPS) is 14.3. The van der Waals surface area contributed by atoms with Crippen LogP contribution in [-0.2, 0) is 17.8 Å². The van der Waals surface area contributed by atoms with Crippen LogP contribution in [0.5, 0.6) is 0 Å². The Morgan fingerprint density at radius 3 is 2.90 bits per heavy atom. The minimum atomic E-state index is -2.52. The van der Waals surface area contributed by atoms with Gasteiger partial charge in [0.1, 0.15) is 5.82 Å². The smallest absolute Gasteiger partial charge is 0.263 e. The van der Waals surface area contributed by atoms with Gasteiger partial charge < -0.3 is 10.5 Å². The molecular formula is C14H13F2N3O. The van der Waals surface area contributed by atoms with Crippen LogP contribution in [0.4, 0.5) is 14.6 Å². The molecule has 0 saturated carbocycles. The molecule has 2 aromatic rings. The number of ether oxygens (including phenoxy) is 1. The molecule has 20 heavy (non-hydrogen) atoms. The van der Waals surface area contributed by atoms with E-state index in [4.69, 9.17) is 10.5 Å². The highest BCUT2D eigenvalue weighted by Crippen LogP contribution is 2.27. The van der Waals surface area contributed by atoms with Gasteiger partial charge in [-0.2, -0.15) is 0 Å². The van der Waals surface area contributed by atoms with Crippen LogP contribution >= 0.6 is 0 Å². The number of aromatic nitrogens is 2. The second-order valence-corrected chi connectivity index (χ2v) is 4.59. The summed E-state index contributed by atoms with van der Waals surface area (Å²) in [5.74, 6) is 0.734. The summed E-state index contributed by atoms with van der Waals surface area (Å²) in [6, 6.07) is 6.04. The van der Waals surface area contributed by atoms with Gasteiger partial charge >= 0.3 is 0 Å². The molecule has 0 amide bonds. The van der Waals surface area contributed by atoms with Crippen molar-refractivity contribution in [2.75, 3.05) is 12.3 Å². The first-order valence-electron chi connectivity index (χ1n) is 6.26. The van der Waals surface area contributed by atoms with Crippen LogP contribution in [0, 0.1) is 0 Å². The zero-order chi connectivity index (χ0) is 14.1. The lowest BCUT2D eigenvalue weighted by atomic mass is 10.1. The largest absolute Gasteiger partial charge is 0.383 e. The molecule has 3 rings (SSSR count). The van der Waals surface area contributed by atoms with Gasteiger partial charge in [0.05, 0.1) is 18.9 Å². The fourth-order valence-electron chi connectivity index (χ4n) is 2.20. The van der Waals surface area contributed by atoms with Crippen molar-refractivity contribution >= 4 is 5.82 Å². The Bertz CT molecular complexity index is 646. The van der Waals surface area contributed by atoms with Crippen molar-refractivity contribution < 1.29 is 13.5 Å². The molecule has 104 valence electrons. The molecule has 0 atom stereocenters. The first-order valence-corrected chi connectivity index (χ1v) is 6.26. The molecule has 6 heteroatoms. The lowest BCUT2D eigenvalue weighted by Crippen LogP contribution is -2.16. The van der Waals surface area contributed by atoms with E-state index in [2.05, 4.69) is 9.97 Å². The molecule has 1 aliphatic heterocycles. The third kappa shape index (κ3) is 2.34. The number of fused-ring (bicyclic) bond motifs is 1. The summed E-state index contributed by atoms with van der Waals surface area (Å²) in [7, 11) is 0. The summed E-state index contributed by atoms with van der Waals surface area (Å²) in [6.07, 6.45) is -1.86. The quantitative estimate of drug-likeness (QED) is 0.916. The SMILES string of the molecule is Nc1nc(-c2cccc(C(F)F)c2)nc2c1COCC2. The Kier molecular flexibility index (Phi) is 3.31. The van der Waals surface area contributed by atoms with E-state index in [1.165, 1.54) is 12.1 Å². The second kappa shape index (κ2) is 5.13. The minimum absolute atomic E-state index is 0.0503. The highest BCUT2D eigenvalue weighted by atomic mass is 19.3. The van der Waals surface area contributed by atoms with Gasteiger partial charge in [-0.05, 0) is 6.07 Å². The standard InChI is InChI=1S/C14H13F2N3O/c15-12(16)8-2-1-3-9(6-8)14-18-11-4-5-20-7-10(11)13(17)19-14/h1-3,6,12H,4-5,7H2,(H2,17,18,19). The van der Waals surface area contributed by atoms with E-state index in [1.54, 1.807) is 12.1 Å². The first-order chi connectivity index (χ1) is 9.65. The molecular weight excluding hydrogens is 264 g/mol. The molecule has 1 aromatic carbocycles. The van der Waals surface area contributed by atoms with Crippen molar-refractivity contribution in [1.82, 2.24) is 9.97 Å². The van der Waals surface area contributed by atoms with Crippen LogP contribution in [0.3, 0.4) is 0 Å². The van der Waals surface area contributed by atoms with Crippen LogP contribution in [0.25, 0.3) is 11.4 Å². The summed E-state index contributed by atoms with van der Waals surface area (Å²) in [5.41, 5.74) is 8.02. The monoisotopic (exact) mass is 277 g/mol. The number of nitrogens with zero attached hydrogens (tertiary/aromatic N) is 2. The highest BCUT2D eigenvalue weighted by molar-refractivity contribution is 5.60. The maximum atomic E-state index is 12.7. The summed E-state index contributed by atoms with van der Waals surface area (Å²) >= 11 is 0. The Balaban J connectivity index is 2.06. The predicted molar refractivity (Wildman–Crippen MR) is 70.2 cm³/mol. The summed E-state index contributed by atoms with van der Waals surface area (Å²) in [4.78, 5) is 8.63. The second-order valence-electron chi connectivity index (χ2n) is 4.59. The summed E-state index contributed by atoms with van der Waals surface area (Å²) in [6.45, 7) is 0.985. The average Bonchev–Trinajstić information content (AvgIpc) is 2.47. The van der Waals surface area contributed by atoms with Gasteiger partial charge in [0.15, 0.2) is 5.82 Å². The molecule has 0 aliphatic carbocycles. The van der Waals surface area contributed by atoms with Crippen LogP contribution in [0.15, 0.2) is 24.3 Å². The maximum Gasteiger partial charge on any atom is 0.263 e. The Morgan fingerprint density at radius 1 is 1.25 bits per heavy atom. The molecule has 0 saturated heterocycles. The van der Waals surface area contributed by atoms with Crippen LogP contribution < -0.4 is 5.73 Å². The number of alkyl halides is 2. The van der Waals surface area contributed by atoms with Gasteiger partial charge in [0.25, 0.3) is 6.43 Å². The van der Waals surface area contributed by atoms with Crippen LogP contribution in [0.2, 0.25) is 0 Å². The first kappa shape index (κ1) is 12.9. The van der Waals surface area contributed by atoms with Crippen molar-refractivity contribution in [2.45, 2.75) is 19.5 Å². The van der Waals surface area contributed by atoms with Crippen LogP contribution in [-0.4, -0.2) is 16.6 Å². The van der Waals surface area contributed by atoms with Gasteiger partial charge in [-0.3, -0.25) is 0 Å². The van der Waals surface area contributed by atoms with Gasteiger partial charge in [-0.15, -0.1) is 0 Å². The number of nitrogen functional groups attached to an aromatic ring is 1. The molecule has 4 nitrogen and oxygen atoms in total. The molecule has 1 aliphatic rings. The zero-order valence-electron chi connectivity index (χ0n) is 10.6. The molecule has 0 spiro atoms. The third-order valence-corrected chi connectivity index (χ3v) is 3.25. The average molecular weight is 277 g/mol.